The summed E-state index contributed by atoms with van der Waals surface area (Å²) in [6.45, 7) is 1.55. The molecule has 8 nitrogen and oxygen atoms in total. The van der Waals surface area contributed by atoms with Gasteiger partial charge in [0.15, 0.2) is 17.3 Å². The minimum Gasteiger partial charge on any atom is -0.502 e. The van der Waals surface area contributed by atoms with Crippen LogP contribution in [0.3, 0.4) is 0 Å². The summed E-state index contributed by atoms with van der Waals surface area (Å²) in [7, 11) is 3.94. The molecule has 2 N–H and O–H groups in total. The zero-order valence-electron chi connectivity index (χ0n) is 14.9. The van der Waals surface area contributed by atoms with Crippen LogP contribution in [-0.2, 0) is 9.53 Å². The topological polar surface area (TPSA) is 115 Å². The van der Waals surface area contributed by atoms with Crippen LogP contribution in [0, 0.1) is 6.92 Å². The molecule has 0 saturated carbocycles. The fraction of sp³-hybridized carbons (Fsp3) is 0.333. The smallest absolute Gasteiger partial charge is 0.306 e. The minimum absolute atomic E-state index is 0.0878. The molecule has 0 saturated heterocycles. The first-order valence-electron chi connectivity index (χ1n) is 7.67. The summed E-state index contributed by atoms with van der Waals surface area (Å²) in [5, 5.41) is 20.2. The lowest BCUT2D eigenvalue weighted by atomic mass is 9.91. The van der Waals surface area contributed by atoms with Gasteiger partial charge in [-0.25, -0.2) is 0 Å². The third-order valence-electron chi connectivity index (χ3n) is 3.89. The van der Waals surface area contributed by atoms with Crippen LogP contribution in [0.5, 0.6) is 23.0 Å². The molecule has 1 heterocycles. The normalized spacial score (nSPS) is 11.7. The van der Waals surface area contributed by atoms with E-state index in [4.69, 9.17) is 18.6 Å². The maximum absolute atomic E-state index is 11.9. The van der Waals surface area contributed by atoms with Gasteiger partial charge in [-0.15, -0.1) is 0 Å². The number of aromatic hydroxyl groups is 2. The van der Waals surface area contributed by atoms with Crippen molar-refractivity contribution in [2.75, 3.05) is 21.3 Å². The van der Waals surface area contributed by atoms with Crippen LogP contribution < -0.4 is 14.9 Å². The van der Waals surface area contributed by atoms with E-state index in [9.17, 15) is 19.8 Å². The van der Waals surface area contributed by atoms with Crippen molar-refractivity contribution in [1.82, 2.24) is 0 Å². The number of benzene rings is 1. The largest absolute Gasteiger partial charge is 0.502 e. The summed E-state index contributed by atoms with van der Waals surface area (Å²) in [4.78, 5) is 23.8. The minimum atomic E-state index is -0.863. The fourth-order valence-electron chi connectivity index (χ4n) is 2.59. The summed E-state index contributed by atoms with van der Waals surface area (Å²) in [5.74, 6) is -1.87. The second-order valence-corrected chi connectivity index (χ2v) is 5.54. The number of ether oxygens (including phenoxy) is 3. The number of aryl methyl sites for hydroxylation is 1. The Kier molecular flexibility index (Phi) is 5.76. The molecule has 1 atom stereocenters. The number of phenols is 1. The average molecular weight is 364 g/mol. The number of esters is 1. The number of hydrogen-bond donors (Lipinski definition) is 2. The van der Waals surface area contributed by atoms with Crippen LogP contribution in [-0.4, -0.2) is 37.5 Å². The standard InChI is InChI=1S/C18H20O8/c1-9-5-12(19)16(21)18(26-9)11(8-15(20)25-4)10-6-13(23-2)17(22)14(7-10)24-3/h5-7,11,21-22H,8H2,1-4H3/t11-/m0/s1. The zero-order chi connectivity index (χ0) is 19.4. The van der Waals surface area contributed by atoms with Crippen LogP contribution in [0.25, 0.3) is 0 Å². The van der Waals surface area contributed by atoms with Gasteiger partial charge >= 0.3 is 5.97 Å². The summed E-state index contributed by atoms with van der Waals surface area (Å²) in [6, 6.07) is 4.08. The highest BCUT2D eigenvalue weighted by molar-refractivity contribution is 5.71. The van der Waals surface area contributed by atoms with E-state index in [-0.39, 0.29) is 35.2 Å². The van der Waals surface area contributed by atoms with Crippen molar-refractivity contribution in [2.24, 2.45) is 0 Å². The molecule has 0 aliphatic heterocycles. The monoisotopic (exact) mass is 364 g/mol. The first-order chi connectivity index (χ1) is 12.3. The van der Waals surface area contributed by atoms with Gasteiger partial charge in [0, 0.05) is 6.07 Å². The molecular weight excluding hydrogens is 344 g/mol. The summed E-state index contributed by atoms with van der Waals surface area (Å²) in [6.07, 6.45) is -0.215. The van der Waals surface area contributed by atoms with Crippen molar-refractivity contribution < 1.29 is 33.6 Å². The Bertz CT molecular complexity index is 843. The maximum atomic E-state index is 11.9. The van der Waals surface area contributed by atoms with E-state index in [0.717, 1.165) is 6.07 Å². The van der Waals surface area contributed by atoms with Crippen molar-refractivity contribution in [3.63, 3.8) is 0 Å². The highest BCUT2D eigenvalue weighted by Gasteiger charge is 2.28. The maximum Gasteiger partial charge on any atom is 0.306 e. The average Bonchev–Trinajstić information content (AvgIpc) is 2.62. The van der Waals surface area contributed by atoms with Crippen LogP contribution in [0.4, 0.5) is 0 Å². The summed E-state index contributed by atoms with van der Waals surface area (Å²) in [5.41, 5.74) is -0.206. The lowest BCUT2D eigenvalue weighted by Crippen LogP contribution is -2.14. The molecule has 0 fully saturated rings. The predicted molar refractivity (Wildman–Crippen MR) is 91.1 cm³/mol. The Balaban J connectivity index is 2.71. The Labute approximate surface area is 149 Å². The van der Waals surface area contributed by atoms with E-state index in [2.05, 4.69) is 0 Å². The number of rotatable bonds is 6. The molecule has 2 aromatic rings. The van der Waals surface area contributed by atoms with E-state index < -0.39 is 23.1 Å². The van der Waals surface area contributed by atoms with Crippen LogP contribution in [0.1, 0.15) is 29.4 Å². The molecule has 0 amide bonds. The Morgan fingerprint density at radius 1 is 1.08 bits per heavy atom. The number of methoxy groups -OCH3 is 3. The second-order valence-electron chi connectivity index (χ2n) is 5.54. The van der Waals surface area contributed by atoms with Crippen molar-refractivity contribution in [2.45, 2.75) is 19.3 Å². The van der Waals surface area contributed by atoms with Gasteiger partial charge in [0.25, 0.3) is 0 Å². The zero-order valence-corrected chi connectivity index (χ0v) is 14.9. The molecule has 0 radical (unpaired) electrons. The van der Waals surface area contributed by atoms with Gasteiger partial charge in [-0.1, -0.05) is 0 Å². The molecule has 0 spiro atoms. The lowest BCUT2D eigenvalue weighted by molar-refractivity contribution is -0.140. The molecule has 0 aliphatic rings. The first-order valence-corrected chi connectivity index (χ1v) is 7.67. The van der Waals surface area contributed by atoms with Gasteiger partial charge in [-0.05, 0) is 24.6 Å². The number of carbonyl (C=O) groups excluding carboxylic acids is 1. The van der Waals surface area contributed by atoms with Crippen LogP contribution in [0.15, 0.2) is 27.4 Å². The van der Waals surface area contributed by atoms with E-state index in [1.807, 2.05) is 0 Å². The quantitative estimate of drug-likeness (QED) is 0.749. The molecule has 140 valence electrons. The predicted octanol–water partition coefficient (Wildman–Crippen LogP) is 2.07. The van der Waals surface area contributed by atoms with E-state index in [1.54, 1.807) is 6.92 Å². The van der Waals surface area contributed by atoms with Crippen molar-refractivity contribution in [3.05, 3.63) is 45.5 Å². The Hall–Kier alpha value is -3.16. The lowest BCUT2D eigenvalue weighted by Gasteiger charge is -2.19. The SMILES string of the molecule is COC(=O)C[C@@H](c1cc(OC)c(O)c(OC)c1)c1oc(C)cc(=O)c1O. The fourth-order valence-corrected chi connectivity index (χ4v) is 2.59. The third-order valence-corrected chi connectivity index (χ3v) is 3.89. The van der Waals surface area contributed by atoms with Gasteiger partial charge in [-0.2, -0.15) is 0 Å². The Morgan fingerprint density at radius 2 is 1.65 bits per heavy atom. The molecule has 1 aromatic carbocycles. The third kappa shape index (κ3) is 3.74. The molecule has 2 rings (SSSR count). The number of phenolic OH excluding ortho intramolecular Hbond substituents is 1. The first kappa shape index (κ1) is 19.2. The van der Waals surface area contributed by atoms with Gasteiger partial charge in [-0.3, -0.25) is 9.59 Å². The highest BCUT2D eigenvalue weighted by atomic mass is 16.5. The van der Waals surface area contributed by atoms with Crippen LogP contribution >= 0.6 is 0 Å². The molecule has 0 unspecified atom stereocenters. The van der Waals surface area contributed by atoms with Crippen molar-refractivity contribution in [1.29, 1.82) is 0 Å². The Morgan fingerprint density at radius 3 is 2.15 bits per heavy atom. The number of carbonyl (C=O) groups is 1. The van der Waals surface area contributed by atoms with Crippen LogP contribution in [0.2, 0.25) is 0 Å². The molecule has 1 aromatic heterocycles. The van der Waals surface area contributed by atoms with Gasteiger partial charge < -0.3 is 28.8 Å². The van der Waals surface area contributed by atoms with E-state index in [1.165, 1.54) is 33.5 Å². The molecule has 0 bridgehead atoms. The van der Waals surface area contributed by atoms with Gasteiger partial charge in [0.05, 0.1) is 33.7 Å². The van der Waals surface area contributed by atoms with Gasteiger partial charge in [0.2, 0.25) is 16.9 Å². The molecule has 0 aliphatic carbocycles. The van der Waals surface area contributed by atoms with Crippen molar-refractivity contribution >= 4 is 5.97 Å². The summed E-state index contributed by atoms with van der Waals surface area (Å²) < 4.78 is 20.5. The van der Waals surface area contributed by atoms with Gasteiger partial charge in [0.1, 0.15) is 5.76 Å². The molecular formula is C18H20O8. The molecule has 8 heteroatoms. The highest BCUT2D eigenvalue weighted by Crippen LogP contribution is 2.42. The second kappa shape index (κ2) is 7.81. The number of hydrogen-bond acceptors (Lipinski definition) is 8. The summed E-state index contributed by atoms with van der Waals surface area (Å²) >= 11 is 0. The molecule has 26 heavy (non-hydrogen) atoms. The van der Waals surface area contributed by atoms with E-state index >= 15 is 0 Å². The van der Waals surface area contributed by atoms with E-state index in [0.29, 0.717) is 5.56 Å². The van der Waals surface area contributed by atoms with Crippen molar-refractivity contribution in [3.8, 4) is 23.0 Å².